The Morgan fingerprint density at radius 3 is 2.20 bits per heavy atom. The quantitative estimate of drug-likeness (QED) is 0.194. The van der Waals surface area contributed by atoms with E-state index in [0.717, 1.165) is 29.7 Å². The minimum atomic E-state index is 0.0996. The van der Waals surface area contributed by atoms with Crippen molar-refractivity contribution in [3.8, 4) is 0 Å². The lowest BCUT2D eigenvalue weighted by Crippen LogP contribution is -2.38. The highest BCUT2D eigenvalue weighted by atomic mass is 16.3. The van der Waals surface area contributed by atoms with Crippen molar-refractivity contribution in [3.63, 3.8) is 0 Å². The van der Waals surface area contributed by atoms with Crippen molar-refractivity contribution in [3.05, 3.63) is 123 Å². The monoisotopic (exact) mass is 607 g/mol. The van der Waals surface area contributed by atoms with Crippen LogP contribution in [0.15, 0.2) is 112 Å². The first-order valence-electron chi connectivity index (χ1n) is 16.8. The van der Waals surface area contributed by atoms with E-state index in [1.54, 1.807) is 0 Å². The fourth-order valence-corrected chi connectivity index (χ4v) is 6.56. The summed E-state index contributed by atoms with van der Waals surface area (Å²) in [5.74, 6) is 0. The second kappa shape index (κ2) is 16.3. The SMILES string of the molecule is CC(C=CC1=C(C)CCCC1(C)C)=CC=CC(C)=Cc1cc(C=CC=C(C)C=CC2=C(C)C(N)CCC2(C)C)cc[n+]1CCO. The number of aromatic nitrogens is 1. The van der Waals surface area contributed by atoms with E-state index in [0.29, 0.717) is 6.54 Å². The van der Waals surface area contributed by atoms with Gasteiger partial charge in [0.2, 0.25) is 5.69 Å². The van der Waals surface area contributed by atoms with Gasteiger partial charge in [0.25, 0.3) is 0 Å². The molecule has 1 heterocycles. The van der Waals surface area contributed by atoms with Gasteiger partial charge in [-0.3, -0.25) is 0 Å². The zero-order valence-corrected chi connectivity index (χ0v) is 29.6. The van der Waals surface area contributed by atoms with Crippen molar-refractivity contribution in [2.45, 2.75) is 107 Å². The normalized spacial score (nSPS) is 21.8. The van der Waals surface area contributed by atoms with Gasteiger partial charge in [0.15, 0.2) is 12.7 Å². The molecule has 45 heavy (non-hydrogen) atoms. The largest absolute Gasteiger partial charge is 0.390 e. The number of hydrogen-bond acceptors (Lipinski definition) is 2. The van der Waals surface area contributed by atoms with Crippen LogP contribution in [0.25, 0.3) is 12.2 Å². The Labute approximate surface area is 274 Å². The van der Waals surface area contributed by atoms with Gasteiger partial charge in [0.1, 0.15) is 6.61 Å². The first-order valence-corrected chi connectivity index (χ1v) is 16.8. The number of rotatable bonds is 11. The first kappa shape index (κ1) is 36.2. The maximum Gasteiger partial charge on any atom is 0.206 e. The topological polar surface area (TPSA) is 50.1 Å². The molecule has 0 bridgehead atoms. The molecule has 0 saturated carbocycles. The van der Waals surface area contributed by atoms with Crippen LogP contribution in [0.4, 0.5) is 0 Å². The molecule has 1 aromatic heterocycles. The Morgan fingerprint density at radius 1 is 0.889 bits per heavy atom. The summed E-state index contributed by atoms with van der Waals surface area (Å²) < 4.78 is 2.09. The minimum Gasteiger partial charge on any atom is -0.390 e. The number of allylic oxidation sites excluding steroid dienone is 15. The van der Waals surface area contributed by atoms with Crippen LogP contribution in [-0.4, -0.2) is 17.8 Å². The van der Waals surface area contributed by atoms with Gasteiger partial charge in [0, 0.05) is 24.3 Å². The van der Waals surface area contributed by atoms with Crippen LogP contribution in [0.2, 0.25) is 0 Å². The highest BCUT2D eigenvalue weighted by Gasteiger charge is 2.30. The number of hydrogen-bond donors (Lipinski definition) is 2. The van der Waals surface area contributed by atoms with Crippen LogP contribution in [0.5, 0.6) is 0 Å². The van der Waals surface area contributed by atoms with Crippen LogP contribution in [0.3, 0.4) is 0 Å². The highest BCUT2D eigenvalue weighted by Crippen LogP contribution is 2.41. The average molecular weight is 608 g/mol. The Kier molecular flexibility index (Phi) is 13.1. The van der Waals surface area contributed by atoms with Crippen LogP contribution in [0, 0.1) is 10.8 Å². The van der Waals surface area contributed by atoms with E-state index >= 15 is 0 Å². The van der Waals surface area contributed by atoms with Crippen molar-refractivity contribution in [2.75, 3.05) is 6.61 Å². The number of aliphatic hydroxyl groups excluding tert-OH is 1. The molecule has 0 saturated heterocycles. The third-order valence-electron chi connectivity index (χ3n) is 9.53. The molecule has 2 aliphatic carbocycles. The molecule has 0 aliphatic heterocycles. The summed E-state index contributed by atoms with van der Waals surface area (Å²) in [6.07, 6.45) is 32.0. The maximum atomic E-state index is 9.64. The van der Waals surface area contributed by atoms with Gasteiger partial charge in [-0.2, -0.15) is 4.57 Å². The van der Waals surface area contributed by atoms with Crippen LogP contribution < -0.4 is 10.3 Å². The van der Waals surface area contributed by atoms with Crippen molar-refractivity contribution in [1.29, 1.82) is 0 Å². The number of pyridine rings is 1. The Hall–Kier alpha value is -3.27. The lowest BCUT2D eigenvalue weighted by atomic mass is 9.71. The second-order valence-corrected chi connectivity index (χ2v) is 14.5. The molecule has 0 aromatic carbocycles. The molecule has 3 rings (SSSR count). The van der Waals surface area contributed by atoms with Crippen LogP contribution >= 0.6 is 0 Å². The predicted molar refractivity (Wildman–Crippen MR) is 195 cm³/mol. The van der Waals surface area contributed by atoms with E-state index in [-0.39, 0.29) is 23.5 Å². The molecule has 0 radical (unpaired) electrons. The van der Waals surface area contributed by atoms with Gasteiger partial charge in [-0.1, -0.05) is 111 Å². The molecule has 3 N–H and O–H groups in total. The Balaban J connectivity index is 1.73. The van der Waals surface area contributed by atoms with Crippen LogP contribution in [-0.2, 0) is 6.54 Å². The molecule has 0 fully saturated rings. The van der Waals surface area contributed by atoms with Crippen molar-refractivity contribution < 1.29 is 9.67 Å². The lowest BCUT2D eigenvalue weighted by Gasteiger charge is -2.36. The predicted octanol–water partition coefficient (Wildman–Crippen LogP) is 9.93. The fourth-order valence-electron chi connectivity index (χ4n) is 6.56. The first-order chi connectivity index (χ1) is 21.2. The number of nitrogens with two attached hydrogens (primary N) is 1. The zero-order valence-electron chi connectivity index (χ0n) is 29.6. The van der Waals surface area contributed by atoms with E-state index in [4.69, 9.17) is 5.73 Å². The average Bonchev–Trinajstić information content (AvgIpc) is 2.96. The fraction of sp³-hybridized carbons (Fsp3) is 0.452. The van der Waals surface area contributed by atoms with Crippen molar-refractivity contribution in [1.82, 2.24) is 0 Å². The zero-order chi connectivity index (χ0) is 33.2. The van der Waals surface area contributed by atoms with E-state index in [9.17, 15) is 5.11 Å². The summed E-state index contributed by atoms with van der Waals surface area (Å²) in [5.41, 5.74) is 18.2. The van der Waals surface area contributed by atoms with E-state index in [2.05, 4.69) is 152 Å². The van der Waals surface area contributed by atoms with Crippen LogP contribution in [0.1, 0.15) is 106 Å². The second-order valence-electron chi connectivity index (χ2n) is 14.5. The number of aliphatic hydroxyl groups is 1. The molecular weight excluding hydrogens is 548 g/mol. The molecule has 0 spiro atoms. The summed E-state index contributed by atoms with van der Waals surface area (Å²) in [5, 5.41) is 9.64. The third kappa shape index (κ3) is 10.7. The summed E-state index contributed by atoms with van der Waals surface area (Å²) in [7, 11) is 0. The summed E-state index contributed by atoms with van der Waals surface area (Å²) >= 11 is 0. The van der Waals surface area contributed by atoms with Crippen molar-refractivity contribution >= 4 is 12.2 Å². The Morgan fingerprint density at radius 2 is 1.53 bits per heavy atom. The van der Waals surface area contributed by atoms with E-state index < -0.39 is 0 Å². The smallest absolute Gasteiger partial charge is 0.206 e. The summed E-state index contributed by atoms with van der Waals surface area (Å²) in [6.45, 7) is 20.9. The van der Waals surface area contributed by atoms with Gasteiger partial charge in [0.05, 0.1) is 0 Å². The molecule has 2 aliphatic rings. The third-order valence-corrected chi connectivity index (χ3v) is 9.53. The van der Waals surface area contributed by atoms with Gasteiger partial charge in [-0.05, 0) is 99.8 Å². The van der Waals surface area contributed by atoms with Gasteiger partial charge in [-0.25, -0.2) is 0 Å². The van der Waals surface area contributed by atoms with Gasteiger partial charge < -0.3 is 10.8 Å². The standard InChI is InChI=1S/C42H59N2O/c1-31(18-20-38-34(4)16-12-24-41(38,6)7)13-10-15-33(3)29-37-30-36(23-26-44(37)27-28-45)17-11-14-32(2)19-21-39-35(5)40(43)22-25-42(39,8)9/h10-11,13-15,17-21,23,26,29-30,40,45H,12,16,22,24-25,27-28,43H2,1-9H3/q+1. The molecular formula is C42H59N2O+. The van der Waals surface area contributed by atoms with E-state index in [1.807, 2.05) is 0 Å². The summed E-state index contributed by atoms with van der Waals surface area (Å²) in [4.78, 5) is 0. The summed E-state index contributed by atoms with van der Waals surface area (Å²) in [6, 6.07) is 4.44. The highest BCUT2D eigenvalue weighted by molar-refractivity contribution is 5.57. The maximum absolute atomic E-state index is 9.64. The Bertz CT molecular complexity index is 1480. The number of nitrogens with zero attached hydrogens (tertiary/aromatic N) is 1. The molecule has 3 heteroatoms. The molecule has 242 valence electrons. The molecule has 3 nitrogen and oxygen atoms in total. The van der Waals surface area contributed by atoms with Gasteiger partial charge >= 0.3 is 0 Å². The molecule has 0 amide bonds. The lowest BCUT2D eigenvalue weighted by molar-refractivity contribution is -0.699. The molecule has 1 unspecified atom stereocenters. The minimum absolute atomic E-state index is 0.0996. The van der Waals surface area contributed by atoms with Gasteiger partial charge in [-0.15, -0.1) is 0 Å². The molecule has 1 atom stereocenters. The molecule has 1 aromatic rings. The van der Waals surface area contributed by atoms with Crippen molar-refractivity contribution in [2.24, 2.45) is 16.6 Å². The van der Waals surface area contributed by atoms with E-state index in [1.165, 1.54) is 52.7 Å².